The molecule has 1 amide bonds. The quantitative estimate of drug-likeness (QED) is 0.790. The number of amides is 1. The van der Waals surface area contributed by atoms with Crippen LogP contribution in [0.1, 0.15) is 47.0 Å². The number of carbonyl (C=O) groups is 3. The minimum atomic E-state index is -0.986. The van der Waals surface area contributed by atoms with E-state index in [0.29, 0.717) is 19.4 Å². The van der Waals surface area contributed by atoms with Crippen LogP contribution >= 0.6 is 0 Å². The zero-order valence-electron chi connectivity index (χ0n) is 12.5. The third-order valence-electron chi connectivity index (χ3n) is 3.14. The van der Waals surface area contributed by atoms with E-state index in [2.05, 4.69) is 0 Å². The lowest BCUT2D eigenvalue weighted by Gasteiger charge is -2.25. The number of likely N-dealkylation sites (tertiary alicyclic amines) is 1. The second-order valence-electron chi connectivity index (χ2n) is 6.22. The maximum atomic E-state index is 12.2. The molecule has 0 radical (unpaired) electrons. The van der Waals surface area contributed by atoms with Gasteiger partial charge in [0.1, 0.15) is 11.6 Å². The van der Waals surface area contributed by atoms with Crippen LogP contribution in [0.3, 0.4) is 0 Å². The van der Waals surface area contributed by atoms with Crippen molar-refractivity contribution in [1.82, 2.24) is 4.90 Å². The van der Waals surface area contributed by atoms with Crippen LogP contribution in [0.15, 0.2) is 0 Å². The Hall–Kier alpha value is -1.59. The summed E-state index contributed by atoms with van der Waals surface area (Å²) < 4.78 is 5.17. The Kier molecular flexibility index (Phi) is 5.14. The SMILES string of the molecule is C[C@H](CC(=O)OC(C)(C)C)C(=O)N1CCC[C@H]1C(=O)O. The van der Waals surface area contributed by atoms with E-state index in [0.717, 1.165) is 0 Å². The summed E-state index contributed by atoms with van der Waals surface area (Å²) in [6.45, 7) is 7.35. The molecule has 6 nitrogen and oxygen atoms in total. The smallest absolute Gasteiger partial charge is 0.326 e. The van der Waals surface area contributed by atoms with Crippen LogP contribution in [0.5, 0.6) is 0 Å². The van der Waals surface area contributed by atoms with Gasteiger partial charge in [0.25, 0.3) is 0 Å². The average molecular weight is 285 g/mol. The minimum absolute atomic E-state index is 0.0288. The van der Waals surface area contributed by atoms with Gasteiger partial charge in [-0.1, -0.05) is 6.92 Å². The second-order valence-corrected chi connectivity index (χ2v) is 6.22. The first kappa shape index (κ1) is 16.5. The van der Waals surface area contributed by atoms with E-state index >= 15 is 0 Å². The number of hydrogen-bond acceptors (Lipinski definition) is 4. The van der Waals surface area contributed by atoms with Gasteiger partial charge in [-0.2, -0.15) is 0 Å². The number of ether oxygens (including phenoxy) is 1. The summed E-state index contributed by atoms with van der Waals surface area (Å²) in [4.78, 5) is 36.3. The standard InChI is InChI=1S/C14H23NO5/c1-9(8-11(16)20-14(2,3)4)12(17)15-7-5-6-10(15)13(18)19/h9-10H,5-8H2,1-4H3,(H,18,19)/t9-,10+/m1/s1. The topological polar surface area (TPSA) is 83.9 Å². The fraction of sp³-hybridized carbons (Fsp3) is 0.786. The maximum Gasteiger partial charge on any atom is 0.326 e. The van der Waals surface area contributed by atoms with Crippen molar-refractivity contribution in [2.45, 2.75) is 58.6 Å². The third kappa shape index (κ3) is 4.51. The Morgan fingerprint density at radius 1 is 1.35 bits per heavy atom. The molecule has 1 N–H and O–H groups in total. The van der Waals surface area contributed by atoms with Crippen molar-refractivity contribution in [2.24, 2.45) is 5.92 Å². The normalized spacial score (nSPS) is 20.6. The van der Waals surface area contributed by atoms with Crippen molar-refractivity contribution in [3.63, 3.8) is 0 Å². The fourth-order valence-corrected chi connectivity index (χ4v) is 2.29. The van der Waals surface area contributed by atoms with Crippen LogP contribution in [-0.4, -0.2) is 46.0 Å². The van der Waals surface area contributed by atoms with Gasteiger partial charge >= 0.3 is 11.9 Å². The van der Waals surface area contributed by atoms with Crippen LogP contribution in [0.2, 0.25) is 0 Å². The van der Waals surface area contributed by atoms with E-state index in [1.165, 1.54) is 4.90 Å². The van der Waals surface area contributed by atoms with Gasteiger partial charge in [-0.25, -0.2) is 4.79 Å². The van der Waals surface area contributed by atoms with Crippen molar-refractivity contribution < 1.29 is 24.2 Å². The molecule has 1 aliphatic rings. The fourth-order valence-electron chi connectivity index (χ4n) is 2.29. The molecule has 0 aromatic carbocycles. The minimum Gasteiger partial charge on any atom is -0.480 e. The molecule has 114 valence electrons. The predicted octanol–water partition coefficient (Wildman–Crippen LogP) is 1.43. The third-order valence-corrected chi connectivity index (χ3v) is 3.14. The Bertz CT molecular complexity index is 399. The van der Waals surface area contributed by atoms with Crippen molar-refractivity contribution in [3.05, 3.63) is 0 Å². The Balaban J connectivity index is 2.59. The van der Waals surface area contributed by atoms with Gasteiger partial charge in [-0.15, -0.1) is 0 Å². The molecule has 0 aromatic heterocycles. The number of nitrogens with zero attached hydrogens (tertiary/aromatic N) is 1. The highest BCUT2D eigenvalue weighted by atomic mass is 16.6. The van der Waals surface area contributed by atoms with Crippen molar-refractivity contribution in [2.75, 3.05) is 6.54 Å². The van der Waals surface area contributed by atoms with Crippen molar-refractivity contribution in [3.8, 4) is 0 Å². The first-order valence-electron chi connectivity index (χ1n) is 6.87. The van der Waals surface area contributed by atoms with Crippen LogP contribution in [0, 0.1) is 5.92 Å². The summed E-state index contributed by atoms with van der Waals surface area (Å²) in [5, 5.41) is 9.06. The highest BCUT2D eigenvalue weighted by Gasteiger charge is 2.36. The number of rotatable bonds is 4. The van der Waals surface area contributed by atoms with E-state index in [1.807, 2.05) is 0 Å². The molecule has 6 heteroatoms. The highest BCUT2D eigenvalue weighted by molar-refractivity contribution is 5.87. The first-order chi connectivity index (χ1) is 9.11. The summed E-state index contributed by atoms with van der Waals surface area (Å²) in [5.41, 5.74) is -0.586. The Morgan fingerprint density at radius 2 is 1.95 bits per heavy atom. The molecule has 1 heterocycles. The number of aliphatic carboxylic acids is 1. The van der Waals surface area contributed by atoms with Crippen LogP contribution < -0.4 is 0 Å². The maximum absolute atomic E-state index is 12.2. The van der Waals surface area contributed by atoms with E-state index < -0.39 is 29.5 Å². The molecule has 1 fully saturated rings. The lowest BCUT2D eigenvalue weighted by Crippen LogP contribution is -2.43. The molecule has 0 aliphatic carbocycles. The van der Waals surface area contributed by atoms with Gasteiger partial charge in [0, 0.05) is 12.5 Å². The Labute approximate surface area is 119 Å². The summed E-state index contributed by atoms with van der Waals surface area (Å²) >= 11 is 0. The average Bonchev–Trinajstić information content (AvgIpc) is 2.73. The molecular weight excluding hydrogens is 262 g/mol. The molecule has 0 bridgehead atoms. The number of hydrogen-bond donors (Lipinski definition) is 1. The number of carboxylic acids is 1. The van der Waals surface area contributed by atoms with Gasteiger partial charge in [-0.05, 0) is 33.6 Å². The van der Waals surface area contributed by atoms with Crippen LogP contribution in [0.25, 0.3) is 0 Å². The van der Waals surface area contributed by atoms with Crippen LogP contribution in [-0.2, 0) is 19.1 Å². The van der Waals surface area contributed by atoms with Gasteiger partial charge in [0.05, 0.1) is 6.42 Å². The Morgan fingerprint density at radius 3 is 2.45 bits per heavy atom. The summed E-state index contributed by atoms with van der Waals surface area (Å²) in [6, 6.07) is -0.761. The molecular formula is C14H23NO5. The molecule has 1 saturated heterocycles. The van der Waals surface area contributed by atoms with Gasteiger partial charge in [-0.3, -0.25) is 9.59 Å². The molecule has 1 aliphatic heterocycles. The lowest BCUT2D eigenvalue weighted by molar-refractivity contribution is -0.158. The number of esters is 1. The largest absolute Gasteiger partial charge is 0.480 e. The van der Waals surface area contributed by atoms with E-state index in [9.17, 15) is 14.4 Å². The summed E-state index contributed by atoms with van der Waals surface area (Å²) in [5.74, 6) is -2.28. The van der Waals surface area contributed by atoms with E-state index in [4.69, 9.17) is 9.84 Å². The number of carbonyl (C=O) groups excluding carboxylic acids is 2. The van der Waals surface area contributed by atoms with Crippen molar-refractivity contribution in [1.29, 1.82) is 0 Å². The van der Waals surface area contributed by atoms with Crippen LogP contribution in [0.4, 0.5) is 0 Å². The zero-order valence-corrected chi connectivity index (χ0v) is 12.5. The summed E-state index contributed by atoms with van der Waals surface area (Å²) in [7, 11) is 0. The highest BCUT2D eigenvalue weighted by Crippen LogP contribution is 2.22. The lowest BCUT2D eigenvalue weighted by atomic mass is 10.1. The van der Waals surface area contributed by atoms with Crippen molar-refractivity contribution >= 4 is 17.8 Å². The second kappa shape index (κ2) is 6.24. The monoisotopic (exact) mass is 285 g/mol. The molecule has 0 aromatic rings. The summed E-state index contributed by atoms with van der Waals surface area (Å²) in [6.07, 6.45) is 1.13. The predicted molar refractivity (Wildman–Crippen MR) is 72.0 cm³/mol. The van der Waals surface area contributed by atoms with E-state index in [-0.39, 0.29) is 12.3 Å². The molecule has 0 saturated carbocycles. The molecule has 20 heavy (non-hydrogen) atoms. The molecule has 0 spiro atoms. The van der Waals surface area contributed by atoms with Gasteiger partial charge in [0.2, 0.25) is 5.91 Å². The molecule has 2 atom stereocenters. The molecule has 1 rings (SSSR count). The molecule has 0 unspecified atom stereocenters. The van der Waals surface area contributed by atoms with Gasteiger partial charge in [0.15, 0.2) is 0 Å². The number of carboxylic acid groups (broad SMARTS) is 1. The van der Waals surface area contributed by atoms with E-state index in [1.54, 1.807) is 27.7 Å². The van der Waals surface area contributed by atoms with Gasteiger partial charge < -0.3 is 14.7 Å². The zero-order chi connectivity index (χ0) is 15.5. The first-order valence-corrected chi connectivity index (χ1v) is 6.87.